The minimum atomic E-state index is -0.0398. The highest BCUT2D eigenvalue weighted by atomic mass is 16.2. The van der Waals surface area contributed by atoms with E-state index in [-0.39, 0.29) is 5.91 Å². The Morgan fingerprint density at radius 3 is 2.84 bits per heavy atom. The molecular weight excluding hydrogens is 316 g/mol. The second kappa shape index (κ2) is 7.34. The van der Waals surface area contributed by atoms with Crippen LogP contribution in [0.15, 0.2) is 31.0 Å². The van der Waals surface area contributed by atoms with Gasteiger partial charge in [0.2, 0.25) is 0 Å². The molecule has 2 aromatic rings. The van der Waals surface area contributed by atoms with Crippen molar-refractivity contribution in [2.24, 2.45) is 13.0 Å². The summed E-state index contributed by atoms with van der Waals surface area (Å²) in [5.41, 5.74) is 2.05. The monoisotopic (exact) mass is 338 g/mol. The van der Waals surface area contributed by atoms with Gasteiger partial charge in [0.15, 0.2) is 0 Å². The number of pyridine rings is 1. The van der Waals surface area contributed by atoms with Crippen molar-refractivity contribution in [1.82, 2.24) is 19.4 Å². The number of piperidine rings is 1. The molecule has 1 amide bonds. The van der Waals surface area contributed by atoms with Crippen LogP contribution in [0.5, 0.6) is 0 Å². The molecule has 1 fully saturated rings. The van der Waals surface area contributed by atoms with E-state index in [1.54, 1.807) is 40.5 Å². The van der Waals surface area contributed by atoms with Crippen molar-refractivity contribution in [2.75, 3.05) is 31.6 Å². The summed E-state index contributed by atoms with van der Waals surface area (Å²) >= 11 is 0. The van der Waals surface area contributed by atoms with Crippen LogP contribution in [0.1, 0.15) is 28.9 Å². The van der Waals surface area contributed by atoms with Crippen LogP contribution in [0.25, 0.3) is 0 Å². The van der Waals surface area contributed by atoms with Gasteiger partial charge in [-0.25, -0.2) is 4.98 Å². The Labute approximate surface area is 147 Å². The molecule has 0 bridgehead atoms. The molecule has 130 valence electrons. The lowest BCUT2D eigenvalue weighted by molar-refractivity contribution is 0.0759. The molecule has 0 N–H and O–H groups in total. The Morgan fingerprint density at radius 1 is 1.44 bits per heavy atom. The summed E-state index contributed by atoms with van der Waals surface area (Å²) in [6.45, 7) is 2.47. The van der Waals surface area contributed by atoms with E-state index in [1.165, 1.54) is 0 Å². The summed E-state index contributed by atoms with van der Waals surface area (Å²) in [6.07, 6.45) is 8.76. The Hall–Kier alpha value is -2.88. The summed E-state index contributed by atoms with van der Waals surface area (Å²) in [4.78, 5) is 24.6. The number of aryl methyl sites for hydroxylation is 1. The number of amides is 1. The van der Waals surface area contributed by atoms with Gasteiger partial charge in [-0.3, -0.25) is 9.78 Å². The van der Waals surface area contributed by atoms with E-state index in [0.717, 1.165) is 38.2 Å². The van der Waals surface area contributed by atoms with Crippen LogP contribution in [0, 0.1) is 17.2 Å². The number of anilines is 1. The number of carbonyl (C=O) groups is 1. The first-order valence-corrected chi connectivity index (χ1v) is 8.41. The zero-order chi connectivity index (χ0) is 17.8. The fraction of sp³-hybridized carbons (Fsp3) is 0.444. The van der Waals surface area contributed by atoms with Gasteiger partial charge in [-0.1, -0.05) is 0 Å². The molecule has 0 radical (unpaired) electrons. The average molecular weight is 338 g/mol. The summed E-state index contributed by atoms with van der Waals surface area (Å²) < 4.78 is 1.78. The number of hydrogen-bond donors (Lipinski definition) is 0. The van der Waals surface area contributed by atoms with Gasteiger partial charge >= 0.3 is 0 Å². The largest absolute Gasteiger partial charge is 0.369 e. The lowest BCUT2D eigenvalue weighted by Crippen LogP contribution is -2.39. The molecule has 7 heteroatoms. The zero-order valence-corrected chi connectivity index (χ0v) is 14.6. The number of hydrogen-bond acceptors (Lipinski definition) is 5. The van der Waals surface area contributed by atoms with Gasteiger partial charge in [0.1, 0.15) is 11.8 Å². The molecule has 25 heavy (non-hydrogen) atoms. The van der Waals surface area contributed by atoms with Gasteiger partial charge in [0.25, 0.3) is 5.91 Å². The Morgan fingerprint density at radius 2 is 2.20 bits per heavy atom. The number of rotatable bonds is 4. The molecule has 0 unspecified atom stereocenters. The molecule has 0 atom stereocenters. The van der Waals surface area contributed by atoms with Crippen LogP contribution >= 0.6 is 0 Å². The Balaban J connectivity index is 1.56. The number of imidazole rings is 1. The molecule has 2 aromatic heterocycles. The molecule has 0 aromatic carbocycles. The van der Waals surface area contributed by atoms with Crippen LogP contribution in [-0.2, 0) is 7.05 Å². The predicted octanol–water partition coefficient (Wildman–Crippen LogP) is 1.68. The third kappa shape index (κ3) is 3.79. The van der Waals surface area contributed by atoms with E-state index >= 15 is 0 Å². The predicted molar refractivity (Wildman–Crippen MR) is 94.1 cm³/mol. The van der Waals surface area contributed by atoms with Gasteiger partial charge in [-0.2, -0.15) is 5.26 Å². The number of nitrogens with zero attached hydrogens (tertiary/aromatic N) is 6. The maximum absolute atomic E-state index is 12.4. The molecular formula is C18H22N6O. The number of aromatic nitrogens is 3. The van der Waals surface area contributed by atoms with Crippen molar-refractivity contribution in [1.29, 1.82) is 5.26 Å². The van der Waals surface area contributed by atoms with Crippen molar-refractivity contribution < 1.29 is 4.79 Å². The topological polar surface area (TPSA) is 78.0 Å². The van der Waals surface area contributed by atoms with Gasteiger partial charge in [0.05, 0.1) is 23.8 Å². The van der Waals surface area contributed by atoms with Gasteiger partial charge in [0, 0.05) is 46.1 Å². The van der Waals surface area contributed by atoms with Crippen molar-refractivity contribution >= 4 is 11.6 Å². The van der Waals surface area contributed by atoms with E-state index in [2.05, 4.69) is 20.9 Å². The maximum Gasteiger partial charge on any atom is 0.273 e. The van der Waals surface area contributed by atoms with Crippen molar-refractivity contribution in [3.8, 4) is 6.07 Å². The second-order valence-corrected chi connectivity index (χ2v) is 6.55. The maximum atomic E-state index is 12.4. The van der Waals surface area contributed by atoms with Gasteiger partial charge in [-0.05, 0) is 24.8 Å². The summed E-state index contributed by atoms with van der Waals surface area (Å²) in [7, 11) is 3.69. The Kier molecular flexibility index (Phi) is 4.98. The highest BCUT2D eigenvalue weighted by molar-refractivity contribution is 5.91. The van der Waals surface area contributed by atoms with Gasteiger partial charge < -0.3 is 14.4 Å². The van der Waals surface area contributed by atoms with E-state index < -0.39 is 0 Å². The fourth-order valence-electron chi connectivity index (χ4n) is 3.28. The smallest absolute Gasteiger partial charge is 0.273 e. The van der Waals surface area contributed by atoms with Crippen LogP contribution in [0.3, 0.4) is 0 Å². The van der Waals surface area contributed by atoms with E-state index in [0.29, 0.717) is 17.2 Å². The highest BCUT2D eigenvalue weighted by Crippen LogP contribution is 2.25. The number of nitriles is 1. The minimum Gasteiger partial charge on any atom is -0.369 e. The minimum absolute atomic E-state index is 0.0398. The molecule has 3 rings (SSSR count). The molecule has 1 aliphatic heterocycles. The van der Waals surface area contributed by atoms with Crippen molar-refractivity contribution in [2.45, 2.75) is 12.8 Å². The number of carbonyl (C=O) groups excluding carboxylic acids is 1. The first-order valence-electron chi connectivity index (χ1n) is 8.41. The lowest BCUT2D eigenvalue weighted by atomic mass is 9.95. The van der Waals surface area contributed by atoms with E-state index in [1.807, 2.05) is 14.1 Å². The van der Waals surface area contributed by atoms with E-state index in [4.69, 9.17) is 0 Å². The summed E-state index contributed by atoms with van der Waals surface area (Å²) in [6, 6.07) is 3.98. The average Bonchev–Trinajstić information content (AvgIpc) is 3.08. The zero-order valence-electron chi connectivity index (χ0n) is 14.6. The standard InChI is InChI=1S/C18H22N6O/c1-22-12-16(21-13-22)18(25)23(2)11-14-4-7-24(8-5-14)17-10-20-6-3-15(17)9-19/h3,6,10,12-14H,4-5,7-8,11H2,1-2H3. The molecule has 0 spiro atoms. The molecule has 0 saturated carbocycles. The van der Waals surface area contributed by atoms with Crippen LogP contribution < -0.4 is 4.90 Å². The lowest BCUT2D eigenvalue weighted by Gasteiger charge is -2.35. The normalized spacial score (nSPS) is 15.0. The highest BCUT2D eigenvalue weighted by Gasteiger charge is 2.24. The van der Waals surface area contributed by atoms with Crippen molar-refractivity contribution in [3.63, 3.8) is 0 Å². The second-order valence-electron chi connectivity index (χ2n) is 6.55. The third-order valence-electron chi connectivity index (χ3n) is 4.68. The molecule has 7 nitrogen and oxygen atoms in total. The first kappa shape index (κ1) is 17.0. The third-order valence-corrected chi connectivity index (χ3v) is 4.68. The van der Waals surface area contributed by atoms with Gasteiger partial charge in [-0.15, -0.1) is 0 Å². The molecule has 1 aliphatic rings. The van der Waals surface area contributed by atoms with Crippen LogP contribution in [0.4, 0.5) is 5.69 Å². The Bertz CT molecular complexity index is 785. The van der Waals surface area contributed by atoms with Crippen molar-refractivity contribution in [3.05, 3.63) is 42.2 Å². The molecule has 3 heterocycles. The van der Waals surface area contributed by atoms with Crippen LogP contribution in [0.2, 0.25) is 0 Å². The summed E-state index contributed by atoms with van der Waals surface area (Å²) in [5, 5.41) is 9.23. The summed E-state index contributed by atoms with van der Waals surface area (Å²) in [5.74, 6) is 0.415. The SMILES string of the molecule is CN(CC1CCN(c2cnccc2C#N)CC1)C(=O)c1cn(C)cn1. The molecule has 0 aliphatic carbocycles. The first-order chi connectivity index (χ1) is 12.1. The van der Waals surface area contributed by atoms with Crippen LogP contribution in [-0.4, -0.2) is 52.0 Å². The van der Waals surface area contributed by atoms with E-state index in [9.17, 15) is 10.1 Å². The molecule has 1 saturated heterocycles. The quantitative estimate of drug-likeness (QED) is 0.847. The fourth-order valence-corrected chi connectivity index (χ4v) is 3.28.